The summed E-state index contributed by atoms with van der Waals surface area (Å²) < 4.78 is 10.3. The zero-order valence-electron chi connectivity index (χ0n) is 12.2. The second kappa shape index (κ2) is 8.39. The van der Waals surface area contributed by atoms with Crippen LogP contribution in [0.2, 0.25) is 0 Å². The molecule has 20 heavy (non-hydrogen) atoms. The highest BCUT2D eigenvalue weighted by molar-refractivity contribution is 6.00. The number of nitrogens with two attached hydrogens (primary N) is 1. The lowest BCUT2D eigenvalue weighted by molar-refractivity contribution is 0.0365. The molecule has 0 fully saturated rings. The van der Waals surface area contributed by atoms with Crippen molar-refractivity contribution in [2.75, 3.05) is 45.0 Å². The Morgan fingerprint density at radius 3 is 2.75 bits per heavy atom. The molecule has 1 atom stereocenters. The number of carbonyl (C=O) groups excluding carboxylic acids is 1. The lowest BCUT2D eigenvalue weighted by atomic mass is 10.1. The standard InChI is InChI=1S/C14H23N3O3/c1-4-16-14(18)12-6-5-10(15)7-13(12)17-8-11(20-3)9-19-2/h5-7,11,17H,4,8-9,15H2,1-3H3,(H,16,18). The SMILES string of the molecule is CCNC(=O)c1ccc(N)cc1NCC(COC)OC. The number of carbonyl (C=O) groups is 1. The van der Waals surface area contributed by atoms with E-state index in [1.807, 2.05) is 6.92 Å². The largest absolute Gasteiger partial charge is 0.399 e. The number of hydrogen-bond donors (Lipinski definition) is 3. The summed E-state index contributed by atoms with van der Waals surface area (Å²) in [6, 6.07) is 5.16. The van der Waals surface area contributed by atoms with Gasteiger partial charge in [0.25, 0.3) is 5.91 Å². The molecular weight excluding hydrogens is 258 g/mol. The minimum Gasteiger partial charge on any atom is -0.399 e. The van der Waals surface area contributed by atoms with Crippen molar-refractivity contribution in [2.45, 2.75) is 13.0 Å². The van der Waals surface area contributed by atoms with Crippen LogP contribution in [-0.4, -0.2) is 45.9 Å². The first-order valence-electron chi connectivity index (χ1n) is 6.55. The molecule has 0 saturated carbocycles. The molecule has 0 aromatic heterocycles. The number of amides is 1. The maximum Gasteiger partial charge on any atom is 0.253 e. The smallest absolute Gasteiger partial charge is 0.253 e. The summed E-state index contributed by atoms with van der Waals surface area (Å²) in [5, 5.41) is 5.96. The van der Waals surface area contributed by atoms with Crippen LogP contribution in [0.25, 0.3) is 0 Å². The molecule has 0 radical (unpaired) electrons. The highest BCUT2D eigenvalue weighted by Crippen LogP contribution is 2.19. The Kier molecular flexibility index (Phi) is 6.83. The fraction of sp³-hybridized carbons (Fsp3) is 0.500. The van der Waals surface area contributed by atoms with Gasteiger partial charge < -0.3 is 25.8 Å². The van der Waals surface area contributed by atoms with Crippen LogP contribution in [0.3, 0.4) is 0 Å². The summed E-state index contributed by atoms with van der Waals surface area (Å²) in [6.07, 6.45) is -0.0940. The number of rotatable bonds is 8. The van der Waals surface area contributed by atoms with Gasteiger partial charge in [0.05, 0.1) is 18.3 Å². The fourth-order valence-electron chi connectivity index (χ4n) is 1.78. The Balaban J connectivity index is 2.81. The number of benzene rings is 1. The van der Waals surface area contributed by atoms with E-state index in [4.69, 9.17) is 15.2 Å². The summed E-state index contributed by atoms with van der Waals surface area (Å²) in [6.45, 7) is 3.46. The Hall–Kier alpha value is -1.79. The second-order valence-corrected chi connectivity index (χ2v) is 4.36. The number of methoxy groups -OCH3 is 2. The molecular formula is C14H23N3O3. The van der Waals surface area contributed by atoms with Crippen LogP contribution in [0, 0.1) is 0 Å². The fourth-order valence-corrected chi connectivity index (χ4v) is 1.78. The zero-order chi connectivity index (χ0) is 15.0. The van der Waals surface area contributed by atoms with Gasteiger partial charge in [-0.25, -0.2) is 0 Å². The van der Waals surface area contributed by atoms with E-state index in [9.17, 15) is 4.79 Å². The van der Waals surface area contributed by atoms with Gasteiger partial charge >= 0.3 is 0 Å². The average molecular weight is 281 g/mol. The van der Waals surface area contributed by atoms with Gasteiger partial charge in [-0.1, -0.05) is 0 Å². The molecule has 4 N–H and O–H groups in total. The molecule has 1 aromatic carbocycles. The van der Waals surface area contributed by atoms with E-state index in [2.05, 4.69) is 10.6 Å². The molecule has 0 heterocycles. The molecule has 1 aromatic rings. The van der Waals surface area contributed by atoms with Crippen molar-refractivity contribution < 1.29 is 14.3 Å². The Labute approximate surface area is 119 Å². The Morgan fingerprint density at radius 2 is 2.15 bits per heavy atom. The lowest BCUT2D eigenvalue weighted by Gasteiger charge is -2.18. The van der Waals surface area contributed by atoms with E-state index in [0.29, 0.717) is 36.6 Å². The molecule has 112 valence electrons. The van der Waals surface area contributed by atoms with Crippen LogP contribution in [-0.2, 0) is 9.47 Å². The summed E-state index contributed by atoms with van der Waals surface area (Å²) in [5.74, 6) is -0.129. The first kappa shape index (κ1) is 16.3. The van der Waals surface area contributed by atoms with Crippen molar-refractivity contribution >= 4 is 17.3 Å². The molecule has 0 spiro atoms. The highest BCUT2D eigenvalue weighted by Gasteiger charge is 2.13. The van der Waals surface area contributed by atoms with Crippen LogP contribution in [0.4, 0.5) is 11.4 Å². The number of nitrogens with one attached hydrogen (secondary N) is 2. The molecule has 0 aliphatic carbocycles. The number of ether oxygens (including phenoxy) is 2. The first-order chi connectivity index (χ1) is 9.62. The summed E-state index contributed by atoms with van der Waals surface area (Å²) in [7, 11) is 3.24. The van der Waals surface area contributed by atoms with Gasteiger partial charge in [0.15, 0.2) is 0 Å². The van der Waals surface area contributed by atoms with Crippen molar-refractivity contribution in [3.63, 3.8) is 0 Å². The van der Waals surface area contributed by atoms with E-state index in [-0.39, 0.29) is 12.0 Å². The molecule has 6 nitrogen and oxygen atoms in total. The van der Waals surface area contributed by atoms with Crippen LogP contribution in [0.5, 0.6) is 0 Å². The monoisotopic (exact) mass is 281 g/mol. The van der Waals surface area contributed by atoms with Crippen molar-refractivity contribution in [3.05, 3.63) is 23.8 Å². The highest BCUT2D eigenvalue weighted by atomic mass is 16.5. The van der Waals surface area contributed by atoms with Crippen LogP contribution >= 0.6 is 0 Å². The molecule has 6 heteroatoms. The zero-order valence-corrected chi connectivity index (χ0v) is 12.2. The normalized spacial score (nSPS) is 11.9. The molecule has 1 unspecified atom stereocenters. The van der Waals surface area contributed by atoms with Gasteiger partial charge in [-0.05, 0) is 25.1 Å². The average Bonchev–Trinajstić information content (AvgIpc) is 2.43. The minimum absolute atomic E-state index is 0.0940. The van der Waals surface area contributed by atoms with E-state index in [0.717, 1.165) is 0 Å². The minimum atomic E-state index is -0.129. The van der Waals surface area contributed by atoms with Crippen molar-refractivity contribution in [2.24, 2.45) is 0 Å². The number of hydrogen-bond acceptors (Lipinski definition) is 5. The van der Waals surface area contributed by atoms with Gasteiger partial charge in [-0.15, -0.1) is 0 Å². The lowest BCUT2D eigenvalue weighted by Crippen LogP contribution is -2.28. The maximum atomic E-state index is 12.0. The van der Waals surface area contributed by atoms with Gasteiger partial charge in [-0.2, -0.15) is 0 Å². The van der Waals surface area contributed by atoms with E-state index >= 15 is 0 Å². The quantitative estimate of drug-likeness (QED) is 0.621. The third-order valence-corrected chi connectivity index (χ3v) is 2.83. The van der Waals surface area contributed by atoms with Crippen LogP contribution in [0.15, 0.2) is 18.2 Å². The molecule has 0 aliphatic rings. The molecule has 0 saturated heterocycles. The van der Waals surface area contributed by atoms with Crippen LogP contribution in [0.1, 0.15) is 17.3 Å². The van der Waals surface area contributed by atoms with Crippen molar-refractivity contribution in [1.82, 2.24) is 5.32 Å². The van der Waals surface area contributed by atoms with Crippen molar-refractivity contribution in [3.8, 4) is 0 Å². The Bertz CT molecular complexity index is 438. The van der Waals surface area contributed by atoms with E-state index in [1.54, 1.807) is 32.4 Å². The van der Waals surface area contributed by atoms with Gasteiger partial charge in [0.2, 0.25) is 0 Å². The van der Waals surface area contributed by atoms with Gasteiger partial charge in [0, 0.05) is 38.7 Å². The molecule has 1 amide bonds. The summed E-state index contributed by atoms with van der Waals surface area (Å²) in [4.78, 5) is 12.0. The van der Waals surface area contributed by atoms with Crippen LogP contribution < -0.4 is 16.4 Å². The van der Waals surface area contributed by atoms with E-state index in [1.165, 1.54) is 0 Å². The summed E-state index contributed by atoms with van der Waals surface area (Å²) >= 11 is 0. The molecule has 0 bridgehead atoms. The Morgan fingerprint density at radius 1 is 1.40 bits per heavy atom. The topological polar surface area (TPSA) is 85.6 Å². The van der Waals surface area contributed by atoms with Gasteiger partial charge in [0.1, 0.15) is 0 Å². The molecule has 0 aliphatic heterocycles. The third-order valence-electron chi connectivity index (χ3n) is 2.83. The second-order valence-electron chi connectivity index (χ2n) is 4.36. The third kappa shape index (κ3) is 4.71. The van der Waals surface area contributed by atoms with Gasteiger partial charge in [-0.3, -0.25) is 4.79 Å². The first-order valence-corrected chi connectivity index (χ1v) is 6.55. The number of anilines is 2. The maximum absolute atomic E-state index is 12.0. The van der Waals surface area contributed by atoms with E-state index < -0.39 is 0 Å². The number of nitrogen functional groups attached to an aromatic ring is 1. The van der Waals surface area contributed by atoms with Crippen molar-refractivity contribution in [1.29, 1.82) is 0 Å². The molecule has 1 rings (SSSR count). The predicted octanol–water partition coefficient (Wildman–Crippen LogP) is 1.09. The predicted molar refractivity (Wildman–Crippen MR) is 80.0 cm³/mol. The summed E-state index contributed by atoms with van der Waals surface area (Å²) in [5.41, 5.74) is 7.62.